The maximum absolute atomic E-state index is 13.5. The Kier molecular flexibility index (Phi) is 4.89. The average Bonchev–Trinajstić information content (AvgIpc) is 3.03. The lowest BCUT2D eigenvalue weighted by atomic mass is 10.1. The number of nitrogens with zero attached hydrogens (tertiary/aromatic N) is 1. The summed E-state index contributed by atoms with van der Waals surface area (Å²) in [6, 6.07) is 14.2. The summed E-state index contributed by atoms with van der Waals surface area (Å²) in [5.41, 5.74) is 2.58. The van der Waals surface area contributed by atoms with Gasteiger partial charge in [0.1, 0.15) is 5.82 Å². The molecule has 0 atom stereocenters. The van der Waals surface area contributed by atoms with E-state index in [9.17, 15) is 14.0 Å². The van der Waals surface area contributed by atoms with Crippen LogP contribution in [-0.2, 0) is 22.4 Å². The molecule has 0 bridgehead atoms. The Bertz CT molecular complexity index is 761. The first-order valence-electron chi connectivity index (χ1n) is 8.03. The molecule has 0 aliphatic carbocycles. The molecule has 1 aliphatic heterocycles. The number of carbonyl (C=O) groups is 2. The topological polar surface area (TPSA) is 49.4 Å². The third kappa shape index (κ3) is 3.62. The lowest BCUT2D eigenvalue weighted by Crippen LogP contribution is -2.39. The Labute approximate surface area is 140 Å². The molecule has 24 heavy (non-hydrogen) atoms. The Morgan fingerprint density at radius 2 is 1.83 bits per heavy atom. The Morgan fingerprint density at radius 3 is 2.67 bits per heavy atom. The highest BCUT2D eigenvalue weighted by Gasteiger charge is 2.24. The molecular weight excluding hydrogens is 307 g/mol. The van der Waals surface area contributed by atoms with Gasteiger partial charge in [0.25, 0.3) is 0 Å². The summed E-state index contributed by atoms with van der Waals surface area (Å²) in [5, 5.41) is 2.63. The molecule has 0 radical (unpaired) electrons. The van der Waals surface area contributed by atoms with Crippen LogP contribution < -0.4 is 10.2 Å². The molecule has 1 heterocycles. The second-order valence-electron chi connectivity index (χ2n) is 5.79. The third-order valence-electron chi connectivity index (χ3n) is 4.20. The van der Waals surface area contributed by atoms with Crippen LogP contribution in [0.15, 0.2) is 48.5 Å². The molecule has 2 aromatic carbocycles. The minimum absolute atomic E-state index is 0.0373. The zero-order chi connectivity index (χ0) is 16.9. The molecule has 124 valence electrons. The van der Waals surface area contributed by atoms with Crippen molar-refractivity contribution in [2.45, 2.75) is 19.3 Å². The van der Waals surface area contributed by atoms with Crippen molar-refractivity contribution >= 4 is 17.5 Å². The van der Waals surface area contributed by atoms with Gasteiger partial charge >= 0.3 is 0 Å². The maximum Gasteiger partial charge on any atom is 0.246 e. The Hall–Kier alpha value is -2.69. The van der Waals surface area contributed by atoms with Gasteiger partial charge in [-0.25, -0.2) is 4.39 Å². The quantitative estimate of drug-likeness (QED) is 0.917. The van der Waals surface area contributed by atoms with E-state index in [2.05, 4.69) is 5.32 Å². The predicted molar refractivity (Wildman–Crippen MR) is 90.2 cm³/mol. The number of anilines is 1. The maximum atomic E-state index is 13.5. The van der Waals surface area contributed by atoms with Crippen molar-refractivity contribution in [2.75, 3.05) is 18.0 Å². The molecule has 2 aromatic rings. The minimum Gasteiger partial charge on any atom is -0.347 e. The van der Waals surface area contributed by atoms with Crippen LogP contribution in [0.4, 0.5) is 10.1 Å². The van der Waals surface area contributed by atoms with E-state index < -0.39 is 0 Å². The smallest absolute Gasteiger partial charge is 0.246 e. The van der Waals surface area contributed by atoms with Crippen LogP contribution >= 0.6 is 0 Å². The SMILES string of the molecule is O=C(CCc1ccccc1F)NCC(=O)N1CCc2ccccc21. The van der Waals surface area contributed by atoms with Crippen LogP contribution in [0.3, 0.4) is 0 Å². The van der Waals surface area contributed by atoms with Crippen molar-refractivity contribution in [3.8, 4) is 0 Å². The van der Waals surface area contributed by atoms with Gasteiger partial charge in [0.2, 0.25) is 11.8 Å². The molecule has 4 nitrogen and oxygen atoms in total. The Morgan fingerprint density at radius 1 is 1.08 bits per heavy atom. The van der Waals surface area contributed by atoms with Gasteiger partial charge in [-0.3, -0.25) is 9.59 Å². The standard InChI is InChI=1S/C19H19FN2O2/c20-16-7-3-1-5-14(16)9-10-18(23)21-13-19(24)22-12-11-15-6-2-4-8-17(15)22/h1-8H,9-13H2,(H,21,23). The molecule has 3 rings (SSSR count). The fraction of sp³-hybridized carbons (Fsp3) is 0.263. The first-order valence-corrected chi connectivity index (χ1v) is 8.03. The summed E-state index contributed by atoms with van der Waals surface area (Å²) in [7, 11) is 0. The molecule has 0 fully saturated rings. The summed E-state index contributed by atoms with van der Waals surface area (Å²) in [6.45, 7) is 0.605. The lowest BCUT2D eigenvalue weighted by molar-refractivity contribution is -0.124. The summed E-state index contributed by atoms with van der Waals surface area (Å²) in [6.07, 6.45) is 1.31. The second-order valence-corrected chi connectivity index (χ2v) is 5.79. The van der Waals surface area contributed by atoms with E-state index in [0.717, 1.165) is 17.7 Å². The largest absolute Gasteiger partial charge is 0.347 e. The summed E-state index contributed by atoms with van der Waals surface area (Å²) < 4.78 is 13.5. The number of aryl methyl sites for hydroxylation is 1. The minimum atomic E-state index is -0.310. The monoisotopic (exact) mass is 326 g/mol. The van der Waals surface area contributed by atoms with Gasteiger partial charge < -0.3 is 10.2 Å². The van der Waals surface area contributed by atoms with Crippen LogP contribution in [0.5, 0.6) is 0 Å². The van der Waals surface area contributed by atoms with Gasteiger partial charge in [-0.2, -0.15) is 0 Å². The molecule has 1 N–H and O–H groups in total. The van der Waals surface area contributed by atoms with Crippen LogP contribution in [0.25, 0.3) is 0 Å². The third-order valence-corrected chi connectivity index (χ3v) is 4.20. The fourth-order valence-electron chi connectivity index (χ4n) is 2.90. The van der Waals surface area contributed by atoms with E-state index in [0.29, 0.717) is 18.5 Å². The van der Waals surface area contributed by atoms with Crippen LogP contribution in [0.2, 0.25) is 0 Å². The first-order chi connectivity index (χ1) is 11.6. The van der Waals surface area contributed by atoms with Crippen molar-refractivity contribution < 1.29 is 14.0 Å². The number of carbonyl (C=O) groups excluding carboxylic acids is 2. The number of para-hydroxylation sites is 1. The number of hydrogen-bond acceptors (Lipinski definition) is 2. The molecule has 2 amide bonds. The van der Waals surface area contributed by atoms with Crippen molar-refractivity contribution in [1.82, 2.24) is 5.32 Å². The number of halogens is 1. The number of nitrogens with one attached hydrogen (secondary N) is 1. The molecule has 5 heteroatoms. The van der Waals surface area contributed by atoms with Crippen molar-refractivity contribution in [2.24, 2.45) is 0 Å². The van der Waals surface area contributed by atoms with E-state index >= 15 is 0 Å². The van der Waals surface area contributed by atoms with E-state index in [4.69, 9.17) is 0 Å². The van der Waals surface area contributed by atoms with E-state index in [1.54, 1.807) is 23.1 Å². The van der Waals surface area contributed by atoms with Crippen LogP contribution in [-0.4, -0.2) is 24.9 Å². The zero-order valence-electron chi connectivity index (χ0n) is 13.3. The molecule has 0 saturated carbocycles. The van der Waals surface area contributed by atoms with Crippen molar-refractivity contribution in [3.63, 3.8) is 0 Å². The normalized spacial score (nSPS) is 12.8. The Balaban J connectivity index is 1.48. The lowest BCUT2D eigenvalue weighted by Gasteiger charge is -2.17. The number of amides is 2. The average molecular weight is 326 g/mol. The van der Waals surface area contributed by atoms with Gasteiger partial charge in [0, 0.05) is 18.7 Å². The summed E-state index contributed by atoms with van der Waals surface area (Å²) in [4.78, 5) is 25.9. The molecule has 0 saturated heterocycles. The number of benzene rings is 2. The summed E-state index contributed by atoms with van der Waals surface area (Å²) in [5.74, 6) is -0.687. The van der Waals surface area contributed by atoms with Gasteiger partial charge in [-0.05, 0) is 36.1 Å². The molecule has 0 spiro atoms. The first kappa shape index (κ1) is 16.2. The second kappa shape index (κ2) is 7.25. The number of fused-ring (bicyclic) bond motifs is 1. The van der Waals surface area contributed by atoms with Crippen LogP contribution in [0, 0.1) is 5.82 Å². The summed E-state index contributed by atoms with van der Waals surface area (Å²) >= 11 is 0. The van der Waals surface area contributed by atoms with Gasteiger partial charge in [-0.15, -0.1) is 0 Å². The fourth-order valence-corrected chi connectivity index (χ4v) is 2.90. The predicted octanol–water partition coefficient (Wildman–Crippen LogP) is 2.46. The number of rotatable bonds is 5. The molecule has 0 unspecified atom stereocenters. The van der Waals surface area contributed by atoms with E-state index in [1.165, 1.54) is 6.07 Å². The van der Waals surface area contributed by atoms with E-state index in [1.807, 2.05) is 24.3 Å². The van der Waals surface area contributed by atoms with E-state index in [-0.39, 0.29) is 30.6 Å². The van der Waals surface area contributed by atoms with Crippen LogP contribution in [0.1, 0.15) is 17.5 Å². The van der Waals surface area contributed by atoms with Gasteiger partial charge in [0.05, 0.1) is 6.54 Å². The van der Waals surface area contributed by atoms with Crippen molar-refractivity contribution in [1.29, 1.82) is 0 Å². The zero-order valence-corrected chi connectivity index (χ0v) is 13.3. The number of hydrogen-bond donors (Lipinski definition) is 1. The molecular formula is C19H19FN2O2. The van der Waals surface area contributed by atoms with Gasteiger partial charge in [-0.1, -0.05) is 36.4 Å². The highest BCUT2D eigenvalue weighted by Crippen LogP contribution is 2.27. The molecule has 0 aromatic heterocycles. The highest BCUT2D eigenvalue weighted by molar-refractivity contribution is 5.98. The molecule has 1 aliphatic rings. The van der Waals surface area contributed by atoms with Crippen molar-refractivity contribution in [3.05, 3.63) is 65.5 Å². The van der Waals surface area contributed by atoms with Gasteiger partial charge in [0.15, 0.2) is 0 Å². The highest BCUT2D eigenvalue weighted by atomic mass is 19.1.